The third-order valence-corrected chi connectivity index (χ3v) is 9.55. The first-order chi connectivity index (χ1) is 29.6. The summed E-state index contributed by atoms with van der Waals surface area (Å²) in [4.78, 5) is 30.6. The van der Waals surface area contributed by atoms with E-state index in [1.165, 1.54) is 60.7 Å². The lowest BCUT2D eigenvalue weighted by molar-refractivity contribution is -0.142. The summed E-state index contributed by atoms with van der Waals surface area (Å²) in [7, 11) is 0. The minimum atomic E-state index is -4.84. The smallest absolute Gasteiger partial charge is 0.380 e. The van der Waals surface area contributed by atoms with Crippen LogP contribution in [0.15, 0.2) is 94.6 Å². The van der Waals surface area contributed by atoms with Crippen LogP contribution in [0.3, 0.4) is 0 Å². The molecular formula is C39H24F8I2N10O4. The Balaban J connectivity index is 0.000000210. The summed E-state index contributed by atoms with van der Waals surface area (Å²) < 4.78 is 116. The van der Waals surface area contributed by atoms with Crippen molar-refractivity contribution in [3.8, 4) is 23.2 Å². The quantitative estimate of drug-likeness (QED) is 0.0575. The zero-order valence-electron chi connectivity index (χ0n) is 31.7. The van der Waals surface area contributed by atoms with E-state index in [9.17, 15) is 50.0 Å². The van der Waals surface area contributed by atoms with Crippen molar-refractivity contribution in [1.29, 1.82) is 5.26 Å². The number of carbonyl (C=O) groups excluding carboxylic acids is 2. The van der Waals surface area contributed by atoms with E-state index in [1.807, 2.05) is 51.3 Å². The number of benzene rings is 4. The lowest BCUT2D eigenvalue weighted by Gasteiger charge is -2.10. The number of nitrogens with zero attached hydrogens (tertiary/aromatic N) is 7. The van der Waals surface area contributed by atoms with E-state index in [0.717, 1.165) is 15.4 Å². The molecule has 0 saturated carbocycles. The van der Waals surface area contributed by atoms with E-state index in [4.69, 9.17) is 15.1 Å². The second-order valence-electron chi connectivity index (χ2n) is 13.0. The van der Waals surface area contributed by atoms with Crippen molar-refractivity contribution in [2.24, 2.45) is 5.16 Å². The second-order valence-corrected chi connectivity index (χ2v) is 15.5. The standard InChI is InChI=1S/C21H14F4IN5O2.C18H10F4IN5O2/c1-11(2)30-33-18-6-4-14(7-12(18)10-27)31-17(9-19(29-31)21(23,24)25)20(32)28-16-5-3-13(26)8-15(16)22;19-11-5-8(23)1-3-12(11)25-17(29)13-7-15(18(20,21)22)26-28(13)9-2-4-14-10(6-9)16(24)27-30-14/h3-9H,1-2H3,(H,28,32);1-7H,(H2,24,27)(H,25,29). The summed E-state index contributed by atoms with van der Waals surface area (Å²) in [6.07, 6.45) is -9.64. The minimum Gasteiger partial charge on any atom is -0.380 e. The van der Waals surface area contributed by atoms with E-state index in [-0.39, 0.29) is 39.9 Å². The van der Waals surface area contributed by atoms with Crippen molar-refractivity contribution < 1.29 is 54.1 Å². The number of nitrogens with one attached hydrogen (secondary N) is 2. The van der Waals surface area contributed by atoms with Crippen LogP contribution in [0.4, 0.5) is 52.3 Å². The summed E-state index contributed by atoms with van der Waals surface area (Å²) in [5, 5.41) is 28.6. The van der Waals surface area contributed by atoms with Crippen molar-refractivity contribution in [2.75, 3.05) is 16.4 Å². The Labute approximate surface area is 375 Å². The van der Waals surface area contributed by atoms with Crippen LogP contribution in [0.2, 0.25) is 0 Å². The fourth-order valence-electron chi connectivity index (χ4n) is 5.34. The van der Waals surface area contributed by atoms with Gasteiger partial charge in [-0.15, -0.1) is 0 Å². The molecule has 0 bridgehead atoms. The SMILES string of the molecule is CC(C)=NOc1ccc(-n2nc(C(F)(F)F)cc2C(=O)Nc2ccc(I)cc2F)cc1C#N.Nc1noc2ccc(-n3nc(C(F)(F)F)cc3C(=O)Nc3ccc(I)cc3F)cc12. The Morgan fingerprint density at radius 3 is 1.71 bits per heavy atom. The number of nitrogens with two attached hydrogens (primary N) is 1. The van der Waals surface area contributed by atoms with Gasteiger partial charge in [0.15, 0.2) is 28.5 Å². The van der Waals surface area contributed by atoms with Gasteiger partial charge in [0.2, 0.25) is 0 Å². The van der Waals surface area contributed by atoms with Crippen LogP contribution in [-0.4, -0.2) is 42.2 Å². The van der Waals surface area contributed by atoms with Crippen LogP contribution >= 0.6 is 45.2 Å². The van der Waals surface area contributed by atoms with E-state index < -0.39 is 58.6 Å². The molecule has 0 aliphatic heterocycles. The zero-order valence-corrected chi connectivity index (χ0v) is 36.0. The molecule has 0 atom stereocenters. The topological polar surface area (TPSA) is 191 Å². The molecule has 0 aliphatic rings. The summed E-state index contributed by atoms with van der Waals surface area (Å²) >= 11 is 3.76. The number of nitriles is 1. The van der Waals surface area contributed by atoms with E-state index in [2.05, 4.69) is 31.1 Å². The van der Waals surface area contributed by atoms with Crippen LogP contribution in [-0.2, 0) is 12.4 Å². The molecule has 4 aromatic carbocycles. The lowest BCUT2D eigenvalue weighted by Crippen LogP contribution is -2.17. The summed E-state index contributed by atoms with van der Waals surface area (Å²) in [5.74, 6) is -3.38. The van der Waals surface area contributed by atoms with Crippen molar-refractivity contribution >= 4 is 90.9 Å². The molecule has 0 radical (unpaired) electrons. The number of aromatic nitrogens is 5. The molecule has 0 fully saturated rings. The maximum Gasteiger partial charge on any atom is 0.435 e. The lowest BCUT2D eigenvalue weighted by atomic mass is 10.2. The molecule has 0 saturated heterocycles. The number of fused-ring (bicyclic) bond motifs is 1. The highest BCUT2D eigenvalue weighted by Crippen LogP contribution is 2.33. The molecule has 24 heteroatoms. The maximum atomic E-state index is 14.1. The van der Waals surface area contributed by atoms with Gasteiger partial charge in [-0.1, -0.05) is 10.3 Å². The Hall–Kier alpha value is -6.63. The van der Waals surface area contributed by atoms with Gasteiger partial charge in [-0.25, -0.2) is 18.1 Å². The highest BCUT2D eigenvalue weighted by molar-refractivity contribution is 14.1. The van der Waals surface area contributed by atoms with Gasteiger partial charge in [0.05, 0.1) is 39.4 Å². The molecule has 0 aliphatic carbocycles. The molecule has 2 amide bonds. The largest absolute Gasteiger partial charge is 0.435 e. The predicted octanol–water partition coefficient (Wildman–Crippen LogP) is 10.1. The molecule has 14 nitrogen and oxygen atoms in total. The van der Waals surface area contributed by atoms with Gasteiger partial charge in [0.1, 0.15) is 29.1 Å². The first kappa shape index (κ1) is 45.9. The highest BCUT2D eigenvalue weighted by Gasteiger charge is 2.37. The fraction of sp³-hybridized carbons (Fsp3) is 0.103. The fourth-order valence-corrected chi connectivity index (χ4v) is 6.25. The van der Waals surface area contributed by atoms with Gasteiger partial charge in [-0.2, -0.15) is 41.8 Å². The van der Waals surface area contributed by atoms with Gasteiger partial charge in [0, 0.05) is 19.3 Å². The number of hydrogen-bond acceptors (Lipinski definition) is 10. The van der Waals surface area contributed by atoms with Gasteiger partial charge in [0.25, 0.3) is 11.8 Å². The Kier molecular flexibility index (Phi) is 13.4. The molecule has 3 heterocycles. The Bertz CT molecular complexity index is 2970. The second kappa shape index (κ2) is 18.4. The Morgan fingerprint density at radius 1 is 0.762 bits per heavy atom. The van der Waals surface area contributed by atoms with Crippen molar-refractivity contribution in [2.45, 2.75) is 26.2 Å². The first-order valence-corrected chi connectivity index (χ1v) is 19.5. The molecule has 3 aromatic heterocycles. The molecule has 4 N–H and O–H groups in total. The summed E-state index contributed by atoms with van der Waals surface area (Å²) in [6.45, 7) is 3.34. The third kappa shape index (κ3) is 10.7. The normalized spacial score (nSPS) is 11.3. The van der Waals surface area contributed by atoms with Gasteiger partial charge >= 0.3 is 12.4 Å². The number of hydrogen-bond donors (Lipinski definition) is 3. The van der Waals surface area contributed by atoms with Gasteiger partial charge in [-0.05, 0) is 132 Å². The number of halogens is 10. The minimum absolute atomic E-state index is 0.0140. The van der Waals surface area contributed by atoms with Crippen LogP contribution < -0.4 is 21.2 Å². The van der Waals surface area contributed by atoms with Crippen LogP contribution in [0.5, 0.6) is 5.75 Å². The van der Waals surface area contributed by atoms with E-state index >= 15 is 0 Å². The average molecular weight is 1100 g/mol. The van der Waals surface area contributed by atoms with Crippen molar-refractivity contribution in [3.63, 3.8) is 0 Å². The molecule has 7 rings (SSSR count). The molecule has 0 spiro atoms. The number of amides is 2. The van der Waals surface area contributed by atoms with Crippen LogP contribution in [0.1, 0.15) is 51.8 Å². The van der Waals surface area contributed by atoms with E-state index in [1.54, 1.807) is 19.9 Å². The number of anilines is 3. The predicted molar refractivity (Wildman–Crippen MR) is 227 cm³/mol. The average Bonchev–Trinajstić information content (AvgIpc) is 3.97. The summed E-state index contributed by atoms with van der Waals surface area (Å²) in [5.41, 5.74) is 2.66. The van der Waals surface area contributed by atoms with Gasteiger partial charge < -0.3 is 25.7 Å². The number of rotatable bonds is 8. The molecule has 0 unspecified atom stereocenters. The maximum absolute atomic E-state index is 14.1. The molecule has 63 heavy (non-hydrogen) atoms. The zero-order chi connectivity index (χ0) is 46.0. The Morgan fingerprint density at radius 2 is 1.25 bits per heavy atom. The number of oxime groups is 1. The monoisotopic (exact) mass is 1100 g/mol. The van der Waals surface area contributed by atoms with Gasteiger partial charge in [-0.3, -0.25) is 9.59 Å². The number of carbonyl (C=O) groups is 2. The van der Waals surface area contributed by atoms with Crippen LogP contribution in [0, 0.1) is 30.1 Å². The van der Waals surface area contributed by atoms with E-state index in [0.29, 0.717) is 36.0 Å². The molecule has 7 aromatic rings. The number of alkyl halides is 6. The van der Waals surface area contributed by atoms with Crippen LogP contribution in [0.25, 0.3) is 22.3 Å². The molecular weight excluding hydrogens is 1080 g/mol. The first-order valence-electron chi connectivity index (χ1n) is 17.4. The summed E-state index contributed by atoms with van der Waals surface area (Å²) in [6, 6.07) is 19.0. The molecule has 324 valence electrons. The van der Waals surface area contributed by atoms with Crippen molar-refractivity contribution in [1.82, 2.24) is 24.7 Å². The van der Waals surface area contributed by atoms with Crippen molar-refractivity contribution in [3.05, 3.63) is 132 Å². The number of nitrogen functional groups attached to an aromatic ring is 1. The third-order valence-electron chi connectivity index (χ3n) is 8.20. The highest BCUT2D eigenvalue weighted by atomic mass is 127.